The molecule has 0 aliphatic carbocycles. The molecule has 0 bridgehead atoms. The number of ether oxygens (including phenoxy) is 2. The zero-order chi connectivity index (χ0) is 21.6. The zero-order valence-electron chi connectivity index (χ0n) is 16.6. The van der Waals surface area contributed by atoms with Crippen molar-refractivity contribution in [2.45, 2.75) is 4.90 Å². The van der Waals surface area contributed by atoms with Crippen LogP contribution in [0.3, 0.4) is 0 Å². The lowest BCUT2D eigenvalue weighted by molar-refractivity contribution is -0.906. The number of quaternary nitrogens is 1. The maximum Gasteiger partial charge on any atom is 0.263 e. The monoisotopic (exact) mass is 454 g/mol. The van der Waals surface area contributed by atoms with E-state index in [1.807, 2.05) is 0 Å². The van der Waals surface area contributed by atoms with Crippen molar-refractivity contribution in [3.05, 3.63) is 53.1 Å². The van der Waals surface area contributed by atoms with Crippen LogP contribution in [0.25, 0.3) is 0 Å². The number of anilines is 1. The fourth-order valence-electron chi connectivity index (χ4n) is 3.14. The number of morpholine rings is 1. The van der Waals surface area contributed by atoms with Gasteiger partial charge >= 0.3 is 0 Å². The van der Waals surface area contributed by atoms with Gasteiger partial charge in [0.05, 0.1) is 44.1 Å². The van der Waals surface area contributed by atoms with E-state index in [1.165, 1.54) is 30.2 Å². The largest absolute Gasteiger partial charge is 0.495 e. The highest BCUT2D eigenvalue weighted by atomic mass is 35.5. The lowest BCUT2D eigenvalue weighted by Gasteiger charge is -2.23. The van der Waals surface area contributed by atoms with Crippen LogP contribution in [0, 0.1) is 0 Å². The molecule has 10 heteroatoms. The third kappa shape index (κ3) is 5.63. The molecule has 3 N–H and O–H groups in total. The minimum atomic E-state index is -4.03. The van der Waals surface area contributed by atoms with Crippen molar-refractivity contribution in [1.82, 2.24) is 5.32 Å². The van der Waals surface area contributed by atoms with E-state index < -0.39 is 10.0 Å². The Morgan fingerprint density at radius 2 is 1.93 bits per heavy atom. The maximum atomic E-state index is 12.9. The molecule has 1 saturated heterocycles. The van der Waals surface area contributed by atoms with Gasteiger partial charge in [-0.3, -0.25) is 9.52 Å². The second-order valence-electron chi connectivity index (χ2n) is 6.82. The van der Waals surface area contributed by atoms with Crippen molar-refractivity contribution in [3.8, 4) is 5.75 Å². The van der Waals surface area contributed by atoms with Crippen LogP contribution in [0.2, 0.25) is 5.02 Å². The van der Waals surface area contributed by atoms with Crippen molar-refractivity contribution in [3.63, 3.8) is 0 Å². The number of carbonyl (C=O) groups is 1. The van der Waals surface area contributed by atoms with Crippen LogP contribution in [-0.4, -0.2) is 60.8 Å². The highest BCUT2D eigenvalue weighted by Crippen LogP contribution is 2.29. The molecule has 0 unspecified atom stereocenters. The minimum absolute atomic E-state index is 0.0201. The molecule has 2 aromatic carbocycles. The van der Waals surface area contributed by atoms with Crippen molar-refractivity contribution < 1.29 is 27.6 Å². The molecule has 1 heterocycles. The molecular weight excluding hydrogens is 430 g/mol. The van der Waals surface area contributed by atoms with Gasteiger partial charge in [0.2, 0.25) is 0 Å². The average Bonchev–Trinajstić information content (AvgIpc) is 2.74. The average molecular weight is 455 g/mol. The van der Waals surface area contributed by atoms with Gasteiger partial charge in [-0.05, 0) is 30.3 Å². The maximum absolute atomic E-state index is 12.9. The van der Waals surface area contributed by atoms with Gasteiger partial charge < -0.3 is 19.7 Å². The first kappa shape index (κ1) is 22.4. The van der Waals surface area contributed by atoms with E-state index >= 15 is 0 Å². The van der Waals surface area contributed by atoms with Gasteiger partial charge in [-0.2, -0.15) is 0 Å². The molecular formula is C20H25ClN3O5S+. The Labute approximate surface area is 181 Å². The number of amides is 1. The summed E-state index contributed by atoms with van der Waals surface area (Å²) in [6.07, 6.45) is 0. The molecule has 1 fully saturated rings. The number of carbonyl (C=O) groups excluding carboxylic acids is 1. The Morgan fingerprint density at radius 3 is 2.67 bits per heavy atom. The standard InChI is InChI=1S/C20H24ClN3O5S/c1-28-18-5-3-2-4-17(18)23-30(26,27)19-14-15(6-7-16(19)21)20(25)22-8-9-24-10-12-29-13-11-24/h2-7,14,23H,8-13H2,1H3,(H,22,25)/p+1. The number of methoxy groups -OCH3 is 1. The van der Waals surface area contributed by atoms with Crippen molar-refractivity contribution >= 4 is 33.2 Å². The number of para-hydroxylation sites is 2. The zero-order valence-corrected chi connectivity index (χ0v) is 18.2. The van der Waals surface area contributed by atoms with Gasteiger partial charge in [0.1, 0.15) is 23.7 Å². The molecule has 0 spiro atoms. The van der Waals surface area contributed by atoms with Gasteiger partial charge in [0.15, 0.2) is 0 Å². The third-order valence-electron chi connectivity index (χ3n) is 4.80. The Morgan fingerprint density at radius 1 is 1.20 bits per heavy atom. The summed E-state index contributed by atoms with van der Waals surface area (Å²) in [6, 6.07) is 10.8. The summed E-state index contributed by atoms with van der Waals surface area (Å²) in [5.41, 5.74) is 0.496. The molecule has 0 aromatic heterocycles. The summed E-state index contributed by atoms with van der Waals surface area (Å²) in [7, 11) is -2.58. The van der Waals surface area contributed by atoms with Crippen LogP contribution in [0.4, 0.5) is 5.69 Å². The fourth-order valence-corrected chi connectivity index (χ4v) is 4.74. The van der Waals surface area contributed by atoms with Gasteiger partial charge in [0.25, 0.3) is 15.9 Å². The topological polar surface area (TPSA) is 98.2 Å². The van der Waals surface area contributed by atoms with E-state index in [4.69, 9.17) is 21.1 Å². The Bertz CT molecular complexity index is 994. The molecule has 0 atom stereocenters. The van der Waals surface area contributed by atoms with E-state index in [0.29, 0.717) is 12.3 Å². The van der Waals surface area contributed by atoms with Gasteiger partial charge in [-0.1, -0.05) is 23.7 Å². The Hall–Kier alpha value is -2.33. The molecule has 1 amide bonds. The number of benzene rings is 2. The molecule has 1 aliphatic heterocycles. The molecule has 3 rings (SSSR count). The Balaban J connectivity index is 1.71. The predicted octanol–water partition coefficient (Wildman–Crippen LogP) is 0.794. The predicted molar refractivity (Wildman–Crippen MR) is 114 cm³/mol. The molecule has 162 valence electrons. The van der Waals surface area contributed by atoms with Gasteiger partial charge in [-0.15, -0.1) is 0 Å². The number of halogens is 1. The first-order valence-corrected chi connectivity index (χ1v) is 11.4. The van der Waals surface area contributed by atoms with E-state index in [9.17, 15) is 13.2 Å². The fraction of sp³-hybridized carbons (Fsp3) is 0.350. The van der Waals surface area contributed by atoms with E-state index in [2.05, 4.69) is 10.0 Å². The summed E-state index contributed by atoms with van der Waals surface area (Å²) in [5, 5.41) is 2.85. The van der Waals surface area contributed by atoms with E-state index in [1.54, 1.807) is 24.3 Å². The Kier molecular flexibility index (Phi) is 7.54. The second kappa shape index (κ2) is 10.1. The minimum Gasteiger partial charge on any atom is -0.495 e. The van der Waals surface area contributed by atoms with E-state index in [0.717, 1.165) is 32.8 Å². The molecule has 0 saturated carbocycles. The van der Waals surface area contributed by atoms with Gasteiger partial charge in [-0.25, -0.2) is 8.42 Å². The van der Waals surface area contributed by atoms with E-state index in [-0.39, 0.29) is 27.1 Å². The third-order valence-corrected chi connectivity index (χ3v) is 6.65. The summed E-state index contributed by atoms with van der Waals surface area (Å²) in [5.74, 6) is 0.0183. The number of sulfonamides is 1. The first-order chi connectivity index (χ1) is 14.4. The number of nitrogens with one attached hydrogen (secondary N) is 3. The van der Waals surface area contributed by atoms with Crippen molar-refractivity contribution in [2.75, 3.05) is 51.2 Å². The lowest BCUT2D eigenvalue weighted by atomic mass is 10.2. The van der Waals surface area contributed by atoms with Crippen molar-refractivity contribution in [2.24, 2.45) is 0 Å². The second-order valence-corrected chi connectivity index (χ2v) is 8.88. The molecule has 2 aromatic rings. The molecule has 30 heavy (non-hydrogen) atoms. The van der Waals surface area contributed by atoms with Crippen LogP contribution in [0.15, 0.2) is 47.4 Å². The number of hydrogen-bond donors (Lipinski definition) is 3. The van der Waals surface area contributed by atoms with Crippen molar-refractivity contribution in [1.29, 1.82) is 0 Å². The van der Waals surface area contributed by atoms with Crippen LogP contribution >= 0.6 is 11.6 Å². The highest BCUT2D eigenvalue weighted by Gasteiger charge is 2.22. The first-order valence-electron chi connectivity index (χ1n) is 9.55. The molecule has 1 aliphatic rings. The highest BCUT2D eigenvalue weighted by molar-refractivity contribution is 7.92. The van der Waals surface area contributed by atoms with Crippen LogP contribution < -0.4 is 19.7 Å². The van der Waals surface area contributed by atoms with Crippen LogP contribution in [0.5, 0.6) is 5.75 Å². The summed E-state index contributed by atoms with van der Waals surface area (Å²) < 4.78 is 38.7. The lowest BCUT2D eigenvalue weighted by Crippen LogP contribution is -3.14. The van der Waals surface area contributed by atoms with Gasteiger partial charge in [0, 0.05) is 5.56 Å². The summed E-state index contributed by atoms with van der Waals surface area (Å²) in [6.45, 7) is 4.53. The summed E-state index contributed by atoms with van der Waals surface area (Å²) in [4.78, 5) is 13.7. The summed E-state index contributed by atoms with van der Waals surface area (Å²) >= 11 is 6.13. The number of rotatable bonds is 8. The SMILES string of the molecule is COc1ccccc1NS(=O)(=O)c1cc(C(=O)NCC[NH+]2CCOCC2)ccc1Cl. The van der Waals surface area contributed by atoms with Crippen LogP contribution in [-0.2, 0) is 14.8 Å². The number of hydrogen-bond acceptors (Lipinski definition) is 5. The normalized spacial score (nSPS) is 14.9. The van der Waals surface area contributed by atoms with Crippen LogP contribution in [0.1, 0.15) is 10.4 Å². The smallest absolute Gasteiger partial charge is 0.263 e. The molecule has 8 nitrogen and oxygen atoms in total. The molecule has 0 radical (unpaired) electrons. The quantitative estimate of drug-likeness (QED) is 0.548.